The van der Waals surface area contributed by atoms with E-state index in [0.29, 0.717) is 0 Å². The Morgan fingerprint density at radius 3 is 2.15 bits per heavy atom. The largest absolute Gasteiger partial charge is 0.394 e. The summed E-state index contributed by atoms with van der Waals surface area (Å²) in [6.07, 6.45) is -2.68. The second-order valence-electron chi connectivity index (χ2n) is 3.33. The highest BCUT2D eigenvalue weighted by atomic mass is 16.3. The number of rotatable bonds is 5. The third-order valence-electron chi connectivity index (χ3n) is 1.86. The normalized spacial score (nSPS) is 18.4. The van der Waals surface area contributed by atoms with Crippen LogP contribution in [0.2, 0.25) is 0 Å². The number of Topliss-reactive ketones (excluding diaryl/α,β-unsaturated/α-hetero) is 1. The van der Waals surface area contributed by atoms with Gasteiger partial charge in [0.25, 0.3) is 0 Å². The third kappa shape index (κ3) is 3.40. The van der Waals surface area contributed by atoms with Gasteiger partial charge in [-0.25, -0.2) is 0 Å². The lowest BCUT2D eigenvalue weighted by molar-refractivity contribution is -0.133. The highest BCUT2D eigenvalue weighted by molar-refractivity contribution is 5.85. The van der Waals surface area contributed by atoms with E-state index in [-0.39, 0.29) is 5.92 Å². The Hall–Kier alpha value is -0.490. The maximum absolute atomic E-state index is 11.2. The van der Waals surface area contributed by atoms with E-state index < -0.39 is 30.6 Å². The first-order chi connectivity index (χ1) is 5.91. The fraction of sp³-hybridized carbons (Fsp3) is 0.875. The summed E-state index contributed by atoms with van der Waals surface area (Å²) in [4.78, 5) is 11.2. The van der Waals surface area contributed by atoms with Gasteiger partial charge in [0.2, 0.25) is 0 Å². The lowest BCUT2D eigenvalue weighted by Crippen LogP contribution is -2.50. The van der Waals surface area contributed by atoms with Crippen molar-refractivity contribution in [2.24, 2.45) is 11.7 Å². The minimum absolute atomic E-state index is 0.341. The minimum Gasteiger partial charge on any atom is -0.394 e. The van der Waals surface area contributed by atoms with Crippen molar-refractivity contribution in [3.63, 3.8) is 0 Å². The average molecular weight is 191 g/mol. The van der Waals surface area contributed by atoms with Gasteiger partial charge in [-0.2, -0.15) is 0 Å². The Labute approximate surface area is 77.2 Å². The Morgan fingerprint density at radius 1 is 1.38 bits per heavy atom. The number of carbonyl (C=O) groups is 1. The van der Waals surface area contributed by atoms with E-state index >= 15 is 0 Å². The van der Waals surface area contributed by atoms with E-state index in [2.05, 4.69) is 0 Å². The molecule has 0 fully saturated rings. The highest BCUT2D eigenvalue weighted by Gasteiger charge is 2.29. The zero-order valence-electron chi connectivity index (χ0n) is 7.84. The molecule has 0 aromatic carbocycles. The smallest absolute Gasteiger partial charge is 0.165 e. The molecule has 3 atom stereocenters. The molecule has 78 valence electrons. The quantitative estimate of drug-likeness (QED) is 0.412. The van der Waals surface area contributed by atoms with Gasteiger partial charge in [0.05, 0.1) is 18.8 Å². The third-order valence-corrected chi connectivity index (χ3v) is 1.86. The molecule has 5 N–H and O–H groups in total. The minimum atomic E-state index is -1.41. The Bertz CT molecular complexity index is 172. The highest BCUT2D eigenvalue weighted by Crippen LogP contribution is 2.05. The Morgan fingerprint density at radius 2 is 1.85 bits per heavy atom. The second kappa shape index (κ2) is 5.29. The van der Waals surface area contributed by atoms with Crippen molar-refractivity contribution in [1.82, 2.24) is 0 Å². The van der Waals surface area contributed by atoms with E-state index in [1.807, 2.05) is 0 Å². The topological polar surface area (TPSA) is 104 Å². The monoisotopic (exact) mass is 191 g/mol. The number of hydrogen-bond donors (Lipinski definition) is 4. The molecule has 0 bridgehead atoms. The predicted molar refractivity (Wildman–Crippen MR) is 46.9 cm³/mol. The zero-order chi connectivity index (χ0) is 10.6. The van der Waals surface area contributed by atoms with Crippen LogP contribution in [-0.2, 0) is 4.79 Å². The summed E-state index contributed by atoms with van der Waals surface area (Å²) in [7, 11) is 0. The van der Waals surface area contributed by atoms with Crippen LogP contribution in [0.1, 0.15) is 13.8 Å². The number of aliphatic hydroxyl groups is 3. The van der Waals surface area contributed by atoms with Crippen molar-refractivity contribution in [3.8, 4) is 0 Å². The molecule has 5 nitrogen and oxygen atoms in total. The molecule has 2 unspecified atom stereocenters. The van der Waals surface area contributed by atoms with Crippen LogP contribution in [0.3, 0.4) is 0 Å². The fourth-order valence-electron chi connectivity index (χ4n) is 0.863. The summed E-state index contributed by atoms with van der Waals surface area (Å²) < 4.78 is 0. The van der Waals surface area contributed by atoms with Gasteiger partial charge in [-0.15, -0.1) is 0 Å². The summed E-state index contributed by atoms with van der Waals surface area (Å²) in [5.74, 6) is -0.771. The molecule has 0 aromatic rings. The molecule has 0 amide bonds. The molecule has 0 aromatic heterocycles. The lowest BCUT2D eigenvalue weighted by atomic mass is 9.96. The van der Waals surface area contributed by atoms with Gasteiger partial charge in [0, 0.05) is 5.92 Å². The summed E-state index contributed by atoms with van der Waals surface area (Å²) in [6, 6.07) is -1.13. The van der Waals surface area contributed by atoms with Gasteiger partial charge >= 0.3 is 0 Å². The Balaban J connectivity index is 4.24. The number of aliphatic hydroxyl groups excluding tert-OH is 3. The second-order valence-corrected chi connectivity index (χ2v) is 3.33. The zero-order valence-corrected chi connectivity index (χ0v) is 7.84. The molecular weight excluding hydrogens is 174 g/mol. The molecule has 5 heteroatoms. The van der Waals surface area contributed by atoms with Crippen LogP contribution in [0.25, 0.3) is 0 Å². The van der Waals surface area contributed by atoms with Gasteiger partial charge < -0.3 is 21.1 Å². The predicted octanol–water partition coefficient (Wildman–Crippen LogP) is -1.75. The van der Waals surface area contributed by atoms with Gasteiger partial charge in [-0.05, 0) is 0 Å². The van der Waals surface area contributed by atoms with Crippen LogP contribution in [0.5, 0.6) is 0 Å². The summed E-state index contributed by atoms with van der Waals surface area (Å²) in [6.45, 7) is 2.69. The maximum atomic E-state index is 11.2. The summed E-state index contributed by atoms with van der Waals surface area (Å²) in [5.41, 5.74) is 5.33. The lowest BCUT2D eigenvalue weighted by Gasteiger charge is -2.22. The number of ketones is 1. The molecular formula is C8H17NO4. The van der Waals surface area contributed by atoms with Crippen LogP contribution in [0.15, 0.2) is 0 Å². The number of nitrogens with two attached hydrogens (primary N) is 1. The molecule has 0 heterocycles. The van der Waals surface area contributed by atoms with E-state index in [1.54, 1.807) is 13.8 Å². The first kappa shape index (κ1) is 12.5. The van der Waals surface area contributed by atoms with E-state index in [4.69, 9.17) is 15.9 Å². The van der Waals surface area contributed by atoms with Crippen molar-refractivity contribution in [1.29, 1.82) is 0 Å². The Kier molecular flexibility index (Phi) is 5.09. The number of carbonyl (C=O) groups excluding carboxylic acids is 1. The van der Waals surface area contributed by atoms with E-state index in [9.17, 15) is 9.90 Å². The number of hydrogen-bond acceptors (Lipinski definition) is 5. The molecule has 13 heavy (non-hydrogen) atoms. The van der Waals surface area contributed by atoms with Crippen LogP contribution < -0.4 is 5.73 Å². The first-order valence-electron chi connectivity index (χ1n) is 4.18. The van der Waals surface area contributed by atoms with Crippen molar-refractivity contribution < 1.29 is 20.1 Å². The van der Waals surface area contributed by atoms with E-state index in [0.717, 1.165) is 0 Å². The first-order valence-corrected chi connectivity index (χ1v) is 4.18. The molecule has 0 saturated heterocycles. The summed E-state index contributed by atoms with van der Waals surface area (Å²) >= 11 is 0. The van der Waals surface area contributed by atoms with Crippen LogP contribution in [0.4, 0.5) is 0 Å². The average Bonchev–Trinajstić information content (AvgIpc) is 2.12. The molecule has 0 spiro atoms. The molecule has 0 rings (SSSR count). The van der Waals surface area contributed by atoms with Crippen molar-refractivity contribution in [2.75, 3.05) is 6.61 Å². The standard InChI is InChI=1S/C8H17NO4/c1-4(2)7(12)8(13)6(9)5(11)3-10/h4-6,8,10-11,13H,3,9H2,1-2H3/t5?,6?,8-/m0/s1. The van der Waals surface area contributed by atoms with Gasteiger partial charge in [0.15, 0.2) is 5.78 Å². The SMILES string of the molecule is CC(C)C(=O)[C@@H](O)C(N)C(O)CO. The maximum Gasteiger partial charge on any atom is 0.165 e. The van der Waals surface area contributed by atoms with Crippen LogP contribution in [-0.4, -0.2) is 46.0 Å². The van der Waals surface area contributed by atoms with Crippen molar-refractivity contribution >= 4 is 5.78 Å². The molecule has 0 saturated carbocycles. The van der Waals surface area contributed by atoms with Crippen molar-refractivity contribution in [2.45, 2.75) is 32.1 Å². The molecule has 0 aliphatic carbocycles. The fourth-order valence-corrected chi connectivity index (χ4v) is 0.863. The van der Waals surface area contributed by atoms with Crippen LogP contribution in [0, 0.1) is 5.92 Å². The van der Waals surface area contributed by atoms with Crippen LogP contribution >= 0.6 is 0 Å². The van der Waals surface area contributed by atoms with E-state index in [1.165, 1.54) is 0 Å². The molecule has 0 aliphatic heterocycles. The molecule has 0 aliphatic rings. The van der Waals surface area contributed by atoms with Gasteiger partial charge in [0.1, 0.15) is 6.10 Å². The molecule has 0 radical (unpaired) electrons. The summed E-state index contributed by atoms with van der Waals surface area (Å²) in [5, 5.41) is 26.9. The van der Waals surface area contributed by atoms with Gasteiger partial charge in [-0.1, -0.05) is 13.8 Å². The van der Waals surface area contributed by atoms with Gasteiger partial charge in [-0.3, -0.25) is 4.79 Å². The van der Waals surface area contributed by atoms with Crippen molar-refractivity contribution in [3.05, 3.63) is 0 Å².